The van der Waals surface area contributed by atoms with Crippen LogP contribution < -0.4 is 5.43 Å². The zero-order valence-electron chi connectivity index (χ0n) is 16.9. The first-order valence-electron chi connectivity index (χ1n) is 9.82. The Balaban J connectivity index is 1.57. The van der Waals surface area contributed by atoms with Gasteiger partial charge in [-0.2, -0.15) is 5.10 Å². The molecule has 0 aliphatic rings. The molecule has 0 saturated heterocycles. The van der Waals surface area contributed by atoms with E-state index in [1.807, 2.05) is 54.6 Å². The molecule has 3 N–H and O–H groups in total. The van der Waals surface area contributed by atoms with Gasteiger partial charge in [0.1, 0.15) is 11.5 Å². The van der Waals surface area contributed by atoms with E-state index in [1.54, 1.807) is 24.4 Å². The monoisotopic (exact) mass is 442 g/mol. The van der Waals surface area contributed by atoms with Gasteiger partial charge in [-0.1, -0.05) is 72.3 Å². The van der Waals surface area contributed by atoms with Crippen LogP contribution in [0.15, 0.2) is 84.0 Å². The molecule has 0 unspecified atom stereocenters. The molecule has 0 aliphatic carbocycles. The summed E-state index contributed by atoms with van der Waals surface area (Å²) in [5, 5.41) is 25.3. The number of phenols is 2. The lowest BCUT2D eigenvalue weighted by molar-refractivity contribution is 0.0955. The van der Waals surface area contributed by atoms with Crippen molar-refractivity contribution in [1.82, 2.24) is 5.43 Å². The first-order chi connectivity index (χ1) is 15.5. The SMILES string of the molecule is O=C(NN=Cc1ccc(C=Cc2cccc(O)c2)c2ccccc12)c1ccc(O)c(Cl)c1. The standard InChI is InChI=1S/C26H19ClN2O3/c27-24-15-19(12-13-25(24)31)26(32)29-28-16-20-11-10-18(22-6-1-2-7-23(20)22)9-8-17-4-3-5-21(30)14-17/h1-16,30-31H,(H,29,32). The van der Waals surface area contributed by atoms with Gasteiger partial charge < -0.3 is 10.2 Å². The fraction of sp³-hybridized carbons (Fsp3) is 0. The van der Waals surface area contributed by atoms with Crippen LogP contribution in [0.3, 0.4) is 0 Å². The summed E-state index contributed by atoms with van der Waals surface area (Å²) in [5.74, 6) is -0.297. The Morgan fingerprint density at radius 2 is 1.59 bits per heavy atom. The second-order valence-corrected chi connectivity index (χ2v) is 7.49. The number of carbonyl (C=O) groups excluding carboxylic acids is 1. The number of amides is 1. The van der Waals surface area contributed by atoms with E-state index in [-0.39, 0.29) is 16.5 Å². The first kappa shape index (κ1) is 21.2. The number of carbonyl (C=O) groups is 1. The second kappa shape index (κ2) is 9.37. The van der Waals surface area contributed by atoms with Gasteiger partial charge in [0.25, 0.3) is 5.91 Å². The molecule has 4 aromatic carbocycles. The highest BCUT2D eigenvalue weighted by molar-refractivity contribution is 6.32. The highest BCUT2D eigenvalue weighted by Gasteiger charge is 2.08. The van der Waals surface area contributed by atoms with Crippen LogP contribution in [0.2, 0.25) is 5.02 Å². The van der Waals surface area contributed by atoms with Gasteiger partial charge in [-0.05, 0) is 52.2 Å². The molecule has 0 spiro atoms. The molecule has 0 saturated carbocycles. The van der Waals surface area contributed by atoms with Gasteiger partial charge in [0, 0.05) is 11.1 Å². The molecule has 1 amide bonds. The highest BCUT2D eigenvalue weighted by Crippen LogP contribution is 2.25. The van der Waals surface area contributed by atoms with Crippen molar-refractivity contribution in [3.63, 3.8) is 0 Å². The van der Waals surface area contributed by atoms with Crippen LogP contribution in [-0.2, 0) is 0 Å². The van der Waals surface area contributed by atoms with Crippen molar-refractivity contribution >= 4 is 46.6 Å². The molecule has 0 fully saturated rings. The molecule has 0 aromatic heterocycles. The van der Waals surface area contributed by atoms with Crippen molar-refractivity contribution in [2.75, 3.05) is 0 Å². The molecule has 4 rings (SSSR count). The number of aromatic hydroxyl groups is 2. The Kier molecular flexibility index (Phi) is 6.19. The maximum absolute atomic E-state index is 12.3. The summed E-state index contributed by atoms with van der Waals surface area (Å²) >= 11 is 5.85. The lowest BCUT2D eigenvalue weighted by atomic mass is 9.99. The van der Waals surface area contributed by atoms with Crippen LogP contribution in [0.4, 0.5) is 0 Å². The molecule has 158 valence electrons. The summed E-state index contributed by atoms with van der Waals surface area (Å²) in [7, 11) is 0. The van der Waals surface area contributed by atoms with Crippen molar-refractivity contribution in [2.45, 2.75) is 0 Å². The molecular formula is C26H19ClN2O3. The number of hydrogen-bond donors (Lipinski definition) is 3. The van der Waals surface area contributed by atoms with Crippen molar-refractivity contribution in [3.05, 3.63) is 106 Å². The molecule has 4 aromatic rings. The number of hydrogen-bond acceptors (Lipinski definition) is 4. The Hall–Kier alpha value is -4.09. The molecule has 0 heterocycles. The van der Waals surface area contributed by atoms with Crippen molar-refractivity contribution in [1.29, 1.82) is 0 Å². The summed E-state index contributed by atoms with van der Waals surface area (Å²) < 4.78 is 0. The number of hydrazone groups is 1. The minimum Gasteiger partial charge on any atom is -0.508 e. The fourth-order valence-corrected chi connectivity index (χ4v) is 3.47. The molecule has 32 heavy (non-hydrogen) atoms. The van der Waals surface area contributed by atoms with Crippen molar-refractivity contribution in [2.24, 2.45) is 5.10 Å². The fourth-order valence-electron chi connectivity index (χ4n) is 3.29. The molecule has 5 nitrogen and oxygen atoms in total. The van der Waals surface area contributed by atoms with E-state index in [0.717, 1.165) is 27.5 Å². The van der Waals surface area contributed by atoms with E-state index >= 15 is 0 Å². The van der Waals surface area contributed by atoms with Crippen LogP contribution in [0.5, 0.6) is 11.5 Å². The zero-order valence-corrected chi connectivity index (χ0v) is 17.6. The molecule has 0 aliphatic heterocycles. The van der Waals surface area contributed by atoms with Gasteiger partial charge in [0.15, 0.2) is 0 Å². The van der Waals surface area contributed by atoms with Gasteiger partial charge in [-0.25, -0.2) is 5.43 Å². The smallest absolute Gasteiger partial charge is 0.271 e. The quantitative estimate of drug-likeness (QED) is 0.206. The Labute approximate surface area is 189 Å². The van der Waals surface area contributed by atoms with Crippen LogP contribution in [0, 0.1) is 0 Å². The number of benzene rings is 4. The topological polar surface area (TPSA) is 81.9 Å². The second-order valence-electron chi connectivity index (χ2n) is 7.08. The summed E-state index contributed by atoms with van der Waals surface area (Å²) in [4.78, 5) is 12.3. The minimum atomic E-state index is -0.432. The number of halogens is 1. The summed E-state index contributed by atoms with van der Waals surface area (Å²) in [6.07, 6.45) is 5.53. The number of nitrogens with zero attached hydrogens (tertiary/aromatic N) is 1. The Morgan fingerprint density at radius 1 is 0.844 bits per heavy atom. The van der Waals surface area contributed by atoms with E-state index in [2.05, 4.69) is 10.5 Å². The number of phenolic OH excluding ortho intramolecular Hbond substituents is 2. The predicted molar refractivity (Wildman–Crippen MR) is 129 cm³/mol. The number of rotatable bonds is 5. The van der Waals surface area contributed by atoms with Crippen LogP contribution >= 0.6 is 11.6 Å². The third kappa shape index (κ3) is 4.79. The molecule has 0 radical (unpaired) electrons. The third-order valence-corrected chi connectivity index (χ3v) is 5.20. The Bertz CT molecular complexity index is 1360. The third-order valence-electron chi connectivity index (χ3n) is 4.90. The van der Waals surface area contributed by atoms with Crippen LogP contribution in [0.25, 0.3) is 22.9 Å². The molecule has 0 bridgehead atoms. The molecule has 6 heteroatoms. The van der Waals surface area contributed by atoms with E-state index < -0.39 is 5.91 Å². The number of nitrogens with one attached hydrogen (secondary N) is 1. The van der Waals surface area contributed by atoms with E-state index in [4.69, 9.17) is 11.6 Å². The lowest BCUT2D eigenvalue weighted by Gasteiger charge is -2.06. The highest BCUT2D eigenvalue weighted by atomic mass is 35.5. The van der Waals surface area contributed by atoms with E-state index in [9.17, 15) is 15.0 Å². The minimum absolute atomic E-state index is 0.0867. The predicted octanol–water partition coefficient (Wildman–Crippen LogP) is 5.84. The normalized spacial score (nSPS) is 11.4. The Morgan fingerprint density at radius 3 is 2.34 bits per heavy atom. The summed E-state index contributed by atoms with van der Waals surface area (Å²) in [6, 6.07) is 23.1. The van der Waals surface area contributed by atoms with Crippen molar-refractivity contribution < 1.29 is 15.0 Å². The zero-order chi connectivity index (χ0) is 22.5. The van der Waals surface area contributed by atoms with E-state index in [1.165, 1.54) is 18.2 Å². The molecular weight excluding hydrogens is 424 g/mol. The number of fused-ring (bicyclic) bond motifs is 1. The van der Waals surface area contributed by atoms with Gasteiger partial charge >= 0.3 is 0 Å². The largest absolute Gasteiger partial charge is 0.508 e. The van der Waals surface area contributed by atoms with Gasteiger partial charge in [0.05, 0.1) is 11.2 Å². The average Bonchev–Trinajstić information content (AvgIpc) is 2.80. The summed E-state index contributed by atoms with van der Waals surface area (Å²) in [6.45, 7) is 0. The van der Waals surface area contributed by atoms with Crippen LogP contribution in [-0.4, -0.2) is 22.3 Å². The maximum atomic E-state index is 12.3. The van der Waals surface area contributed by atoms with Crippen LogP contribution in [0.1, 0.15) is 27.0 Å². The maximum Gasteiger partial charge on any atom is 0.271 e. The van der Waals surface area contributed by atoms with Crippen molar-refractivity contribution in [3.8, 4) is 11.5 Å². The van der Waals surface area contributed by atoms with Gasteiger partial charge in [0.2, 0.25) is 0 Å². The van der Waals surface area contributed by atoms with E-state index in [0.29, 0.717) is 5.56 Å². The van der Waals surface area contributed by atoms with Gasteiger partial charge in [-0.3, -0.25) is 4.79 Å². The first-order valence-corrected chi connectivity index (χ1v) is 10.2. The lowest BCUT2D eigenvalue weighted by Crippen LogP contribution is -2.17. The summed E-state index contributed by atoms with van der Waals surface area (Å²) in [5.41, 5.74) is 5.54. The molecule has 0 atom stereocenters. The van der Waals surface area contributed by atoms with Gasteiger partial charge in [-0.15, -0.1) is 0 Å². The average molecular weight is 443 g/mol.